The Balaban J connectivity index is 1.96. The van der Waals surface area contributed by atoms with Crippen LogP contribution in [0.15, 0.2) is 26.5 Å². The van der Waals surface area contributed by atoms with Crippen LogP contribution in [0, 0.1) is 19.3 Å². The molecule has 1 aliphatic heterocycles. The first-order valence-corrected chi connectivity index (χ1v) is 12.6. The first-order valence-electron chi connectivity index (χ1n) is 12.6. The average molecular weight is 563 g/mol. The SMILES string of the molecule is C#CCONC(=O)O[C@@H]1[C@@H](OC)[C@](C)(CC)OC(Oc2ccc3c(O)c(C(C)=NOCC)c(=O)oc3c2C)[C@@H]1O. The number of carbonyl (C=O) groups is 1. The number of nitrogens with zero attached hydrogens (tertiary/aromatic N) is 1. The summed E-state index contributed by atoms with van der Waals surface area (Å²) in [6.45, 7) is 8.50. The van der Waals surface area contributed by atoms with E-state index in [-0.39, 0.29) is 47.0 Å². The summed E-state index contributed by atoms with van der Waals surface area (Å²) >= 11 is 0. The van der Waals surface area contributed by atoms with Gasteiger partial charge in [-0.1, -0.05) is 18.0 Å². The number of aliphatic hydroxyl groups is 1. The lowest BCUT2D eigenvalue weighted by atomic mass is 9.86. The molecule has 1 fully saturated rings. The lowest BCUT2D eigenvalue weighted by Crippen LogP contribution is -2.66. The van der Waals surface area contributed by atoms with Crippen LogP contribution in [0.2, 0.25) is 0 Å². The fourth-order valence-electron chi connectivity index (χ4n) is 4.41. The number of terminal acetylenes is 1. The Bertz CT molecular complexity index is 1350. The normalized spacial score (nSPS) is 24.8. The standard InChI is InChI=1S/C27H34N2O11/c1-8-13-36-29-26(33)39-22-20(31)25(40-27(6,9-2)23(22)34-7)37-17-12-11-16-19(30)18(15(5)28-35-10-3)24(32)38-21(16)14(17)4/h1,11-12,20,22-23,25,30-31H,9-10,13H2,2-7H3,(H,29,33)/t20-,22+,23-,25?,27+/m1/s1. The molecule has 1 aromatic heterocycles. The number of aryl methyl sites for hydroxylation is 1. The third-order valence-electron chi connectivity index (χ3n) is 6.59. The molecule has 2 aromatic rings. The average Bonchev–Trinajstić information content (AvgIpc) is 2.92. The van der Waals surface area contributed by atoms with Crippen LogP contribution in [0.25, 0.3) is 11.0 Å². The molecule has 2 heterocycles. The molecule has 218 valence electrons. The lowest BCUT2D eigenvalue weighted by Gasteiger charge is -2.48. The number of hydrogen-bond donors (Lipinski definition) is 3. The Morgan fingerprint density at radius 3 is 2.67 bits per heavy atom. The van der Waals surface area contributed by atoms with Crippen LogP contribution in [-0.2, 0) is 23.9 Å². The van der Waals surface area contributed by atoms with Crippen molar-refractivity contribution in [1.29, 1.82) is 0 Å². The van der Waals surface area contributed by atoms with Gasteiger partial charge in [-0.05, 0) is 46.2 Å². The minimum atomic E-state index is -1.52. The molecular formula is C27H34N2O11. The van der Waals surface area contributed by atoms with Crippen molar-refractivity contribution in [3.63, 3.8) is 0 Å². The molecular weight excluding hydrogens is 528 g/mol. The zero-order valence-corrected chi connectivity index (χ0v) is 23.2. The highest BCUT2D eigenvalue weighted by molar-refractivity contribution is 6.04. The lowest BCUT2D eigenvalue weighted by molar-refractivity contribution is -0.311. The number of oxime groups is 1. The van der Waals surface area contributed by atoms with E-state index < -0.39 is 41.9 Å². The Morgan fingerprint density at radius 1 is 1.32 bits per heavy atom. The molecule has 1 aromatic carbocycles. The zero-order chi connectivity index (χ0) is 29.6. The maximum Gasteiger partial charge on any atom is 0.431 e. The van der Waals surface area contributed by atoms with Gasteiger partial charge in [0.2, 0.25) is 6.29 Å². The Kier molecular flexibility index (Phi) is 9.99. The second kappa shape index (κ2) is 13.0. The van der Waals surface area contributed by atoms with Gasteiger partial charge in [0.1, 0.15) is 42.0 Å². The largest absolute Gasteiger partial charge is 0.506 e. The zero-order valence-electron chi connectivity index (χ0n) is 23.2. The Labute approximate surface area is 230 Å². The monoisotopic (exact) mass is 562 g/mol. The van der Waals surface area contributed by atoms with E-state index in [1.807, 2.05) is 12.4 Å². The molecule has 0 spiro atoms. The number of ether oxygens (including phenoxy) is 4. The van der Waals surface area contributed by atoms with E-state index >= 15 is 0 Å². The van der Waals surface area contributed by atoms with E-state index in [9.17, 15) is 19.8 Å². The van der Waals surface area contributed by atoms with Crippen molar-refractivity contribution < 1.29 is 48.0 Å². The van der Waals surface area contributed by atoms with E-state index in [0.717, 1.165) is 0 Å². The topological polar surface area (TPSA) is 168 Å². The predicted molar refractivity (Wildman–Crippen MR) is 142 cm³/mol. The summed E-state index contributed by atoms with van der Waals surface area (Å²) in [6.07, 6.45) is -0.461. The molecule has 13 heteroatoms. The maximum absolute atomic E-state index is 12.7. The number of carbonyl (C=O) groups excluding carboxylic acids is 1. The quantitative estimate of drug-likeness (QED) is 0.128. The smallest absolute Gasteiger partial charge is 0.431 e. The number of rotatable bonds is 10. The van der Waals surface area contributed by atoms with Crippen LogP contribution < -0.4 is 15.8 Å². The van der Waals surface area contributed by atoms with Gasteiger partial charge in [-0.15, -0.1) is 6.42 Å². The maximum atomic E-state index is 12.7. The van der Waals surface area contributed by atoms with E-state index in [2.05, 4.69) is 11.1 Å². The van der Waals surface area contributed by atoms with Crippen LogP contribution in [0.4, 0.5) is 4.79 Å². The number of aliphatic hydroxyl groups excluding tert-OH is 1. The van der Waals surface area contributed by atoms with Crippen LogP contribution >= 0.6 is 0 Å². The van der Waals surface area contributed by atoms with Gasteiger partial charge in [0.15, 0.2) is 12.2 Å². The van der Waals surface area contributed by atoms with Crippen molar-refractivity contribution in [2.75, 3.05) is 20.3 Å². The highest BCUT2D eigenvalue weighted by atomic mass is 16.7. The van der Waals surface area contributed by atoms with Crippen LogP contribution in [0.1, 0.15) is 45.2 Å². The summed E-state index contributed by atoms with van der Waals surface area (Å²) < 4.78 is 28.6. The molecule has 40 heavy (non-hydrogen) atoms. The molecule has 1 saturated heterocycles. The van der Waals surface area contributed by atoms with E-state index in [0.29, 0.717) is 12.0 Å². The Hall–Kier alpha value is -3.83. The molecule has 3 N–H and O–H groups in total. The first-order chi connectivity index (χ1) is 19.0. The number of amides is 1. The van der Waals surface area contributed by atoms with Gasteiger partial charge in [0.25, 0.3) is 0 Å². The molecule has 13 nitrogen and oxygen atoms in total. The number of nitrogens with one attached hydrogen (secondary N) is 1. The summed E-state index contributed by atoms with van der Waals surface area (Å²) in [5, 5.41) is 26.0. The summed E-state index contributed by atoms with van der Waals surface area (Å²) in [7, 11) is 1.40. The third kappa shape index (κ3) is 6.15. The van der Waals surface area contributed by atoms with Crippen molar-refractivity contribution in [3.05, 3.63) is 33.7 Å². The number of hydroxylamine groups is 1. The van der Waals surface area contributed by atoms with Crippen molar-refractivity contribution >= 4 is 22.8 Å². The number of hydrogen-bond acceptors (Lipinski definition) is 12. The van der Waals surface area contributed by atoms with Crippen LogP contribution in [0.3, 0.4) is 0 Å². The van der Waals surface area contributed by atoms with E-state index in [1.165, 1.54) is 26.2 Å². The molecule has 1 amide bonds. The molecule has 0 bridgehead atoms. The van der Waals surface area contributed by atoms with Gasteiger partial charge in [-0.25, -0.2) is 9.59 Å². The van der Waals surface area contributed by atoms with Crippen molar-refractivity contribution in [1.82, 2.24) is 5.48 Å². The second-order valence-electron chi connectivity index (χ2n) is 9.15. The third-order valence-corrected chi connectivity index (χ3v) is 6.59. The second-order valence-corrected chi connectivity index (χ2v) is 9.15. The fraction of sp³-hybridized carbons (Fsp3) is 0.519. The highest BCUT2D eigenvalue weighted by Crippen LogP contribution is 2.39. The minimum absolute atomic E-state index is 0.0594. The van der Waals surface area contributed by atoms with Gasteiger partial charge in [-0.2, -0.15) is 5.48 Å². The van der Waals surface area contributed by atoms with E-state index in [1.54, 1.807) is 20.8 Å². The van der Waals surface area contributed by atoms with Gasteiger partial charge in [0, 0.05) is 12.7 Å². The molecule has 3 rings (SSSR count). The summed E-state index contributed by atoms with van der Waals surface area (Å²) in [5.41, 5.74) is 0.583. The number of methoxy groups -OCH3 is 1. The van der Waals surface area contributed by atoms with Gasteiger partial charge < -0.3 is 38.4 Å². The van der Waals surface area contributed by atoms with Gasteiger partial charge >= 0.3 is 11.7 Å². The van der Waals surface area contributed by atoms with Crippen molar-refractivity contribution in [2.45, 2.75) is 71.2 Å². The molecule has 1 unspecified atom stereocenters. The van der Waals surface area contributed by atoms with Gasteiger partial charge in [-0.3, -0.25) is 4.84 Å². The fourth-order valence-corrected chi connectivity index (χ4v) is 4.41. The summed E-state index contributed by atoms with van der Waals surface area (Å²) in [4.78, 5) is 34.8. The number of aromatic hydroxyl groups is 1. The van der Waals surface area contributed by atoms with Crippen LogP contribution in [-0.4, -0.2) is 72.5 Å². The van der Waals surface area contributed by atoms with Crippen molar-refractivity contribution in [2.24, 2.45) is 5.16 Å². The number of fused-ring (bicyclic) bond motifs is 1. The van der Waals surface area contributed by atoms with E-state index in [4.69, 9.17) is 39.5 Å². The first kappa shape index (κ1) is 30.7. The predicted octanol–water partition coefficient (Wildman–Crippen LogP) is 2.51. The van der Waals surface area contributed by atoms with Crippen LogP contribution in [0.5, 0.6) is 11.5 Å². The molecule has 1 aliphatic rings. The molecule has 5 atom stereocenters. The van der Waals surface area contributed by atoms with Crippen molar-refractivity contribution in [3.8, 4) is 23.8 Å². The highest BCUT2D eigenvalue weighted by Gasteiger charge is 2.54. The molecule has 0 saturated carbocycles. The summed E-state index contributed by atoms with van der Waals surface area (Å²) in [5.74, 6) is 2.04. The minimum Gasteiger partial charge on any atom is -0.506 e. The number of benzene rings is 1. The van der Waals surface area contributed by atoms with Gasteiger partial charge in [0.05, 0.1) is 16.7 Å². The molecule has 0 aliphatic carbocycles. The Morgan fingerprint density at radius 2 is 2.05 bits per heavy atom. The molecule has 0 radical (unpaired) electrons. The summed E-state index contributed by atoms with van der Waals surface area (Å²) in [6, 6.07) is 3.01.